The van der Waals surface area contributed by atoms with E-state index in [0.29, 0.717) is 10.6 Å². The number of anilines is 2. The largest absolute Gasteiger partial charge is 0.397 e. The second-order valence-electron chi connectivity index (χ2n) is 3.79. The first kappa shape index (κ1) is 12.6. The van der Waals surface area contributed by atoms with E-state index in [2.05, 4.69) is 5.32 Å². The summed E-state index contributed by atoms with van der Waals surface area (Å²) in [5.74, 6) is -0.876. The first-order valence-corrected chi connectivity index (χ1v) is 5.67. The van der Waals surface area contributed by atoms with Crippen LogP contribution in [0.4, 0.5) is 20.2 Å². The second kappa shape index (κ2) is 5.23. The van der Waals surface area contributed by atoms with Crippen molar-refractivity contribution >= 4 is 23.0 Å². The Morgan fingerprint density at radius 3 is 2.61 bits per heavy atom. The molecule has 18 heavy (non-hydrogen) atoms. The van der Waals surface area contributed by atoms with Crippen molar-refractivity contribution in [2.75, 3.05) is 11.1 Å². The molecule has 0 saturated heterocycles. The van der Waals surface area contributed by atoms with Gasteiger partial charge >= 0.3 is 0 Å². The van der Waals surface area contributed by atoms with Gasteiger partial charge in [-0.2, -0.15) is 0 Å². The highest BCUT2D eigenvalue weighted by Gasteiger charge is 2.07. The van der Waals surface area contributed by atoms with E-state index in [1.54, 1.807) is 6.07 Å². The van der Waals surface area contributed by atoms with Gasteiger partial charge in [0.2, 0.25) is 0 Å². The van der Waals surface area contributed by atoms with Crippen LogP contribution in [0, 0.1) is 11.6 Å². The summed E-state index contributed by atoms with van der Waals surface area (Å²) in [6.07, 6.45) is 0. The maximum absolute atomic E-state index is 13.5. The zero-order valence-corrected chi connectivity index (χ0v) is 10.1. The Kier molecular flexibility index (Phi) is 3.67. The molecule has 0 radical (unpaired) electrons. The Balaban J connectivity index is 2.19. The van der Waals surface area contributed by atoms with Crippen molar-refractivity contribution in [3.63, 3.8) is 0 Å². The first-order valence-electron chi connectivity index (χ1n) is 5.29. The third-order valence-electron chi connectivity index (χ3n) is 2.51. The minimum atomic E-state index is -0.475. The minimum absolute atomic E-state index is 0.109. The molecule has 2 aromatic carbocycles. The van der Waals surface area contributed by atoms with E-state index in [0.717, 1.165) is 0 Å². The number of halogens is 3. The SMILES string of the molecule is Nc1cccc(F)c1NCc1cc(Cl)ccc1F. The average molecular weight is 269 g/mol. The van der Waals surface area contributed by atoms with Crippen LogP contribution in [0.2, 0.25) is 5.02 Å². The molecule has 0 saturated carbocycles. The van der Waals surface area contributed by atoms with Gasteiger partial charge < -0.3 is 11.1 Å². The van der Waals surface area contributed by atoms with Crippen molar-refractivity contribution in [3.05, 3.63) is 58.6 Å². The van der Waals surface area contributed by atoms with Crippen molar-refractivity contribution < 1.29 is 8.78 Å². The summed E-state index contributed by atoms with van der Waals surface area (Å²) in [6.45, 7) is 0.109. The van der Waals surface area contributed by atoms with Gasteiger partial charge in [0.05, 0.1) is 11.4 Å². The smallest absolute Gasteiger partial charge is 0.148 e. The number of hydrogen-bond acceptors (Lipinski definition) is 2. The zero-order chi connectivity index (χ0) is 13.1. The van der Waals surface area contributed by atoms with Gasteiger partial charge in [0.1, 0.15) is 11.6 Å². The Bertz CT molecular complexity index is 553. The summed E-state index contributed by atoms with van der Waals surface area (Å²) >= 11 is 5.77. The molecule has 0 aliphatic rings. The highest BCUT2D eigenvalue weighted by atomic mass is 35.5. The van der Waals surface area contributed by atoms with Gasteiger partial charge in [0.25, 0.3) is 0 Å². The van der Waals surface area contributed by atoms with Crippen LogP contribution in [-0.2, 0) is 6.54 Å². The molecule has 94 valence electrons. The number of hydrogen-bond donors (Lipinski definition) is 2. The van der Waals surface area contributed by atoms with Crippen LogP contribution < -0.4 is 11.1 Å². The minimum Gasteiger partial charge on any atom is -0.397 e. The van der Waals surface area contributed by atoms with Crippen LogP contribution in [0.1, 0.15) is 5.56 Å². The summed E-state index contributed by atoms with van der Waals surface area (Å²) in [5, 5.41) is 3.19. The molecule has 0 heterocycles. The molecule has 0 unspecified atom stereocenters. The lowest BCUT2D eigenvalue weighted by Gasteiger charge is -2.11. The molecule has 0 fully saturated rings. The molecule has 0 spiro atoms. The van der Waals surface area contributed by atoms with Crippen molar-refractivity contribution in [2.45, 2.75) is 6.54 Å². The van der Waals surface area contributed by atoms with Crippen molar-refractivity contribution in [1.29, 1.82) is 0 Å². The van der Waals surface area contributed by atoms with Crippen LogP contribution in [0.3, 0.4) is 0 Å². The number of rotatable bonds is 3. The van der Waals surface area contributed by atoms with E-state index < -0.39 is 11.6 Å². The molecule has 3 N–H and O–H groups in total. The Morgan fingerprint density at radius 1 is 1.11 bits per heavy atom. The van der Waals surface area contributed by atoms with Crippen LogP contribution >= 0.6 is 11.6 Å². The van der Waals surface area contributed by atoms with Crippen LogP contribution in [-0.4, -0.2) is 0 Å². The molecular weight excluding hydrogens is 258 g/mol. The normalized spacial score (nSPS) is 10.4. The van der Waals surface area contributed by atoms with Crippen LogP contribution in [0.5, 0.6) is 0 Å². The van der Waals surface area contributed by atoms with Gasteiger partial charge in [0, 0.05) is 17.1 Å². The highest BCUT2D eigenvalue weighted by molar-refractivity contribution is 6.30. The molecule has 0 aliphatic heterocycles. The summed E-state index contributed by atoms with van der Waals surface area (Å²) in [4.78, 5) is 0. The van der Waals surface area contributed by atoms with Crippen molar-refractivity contribution in [2.24, 2.45) is 0 Å². The molecule has 2 aromatic rings. The summed E-state index contributed by atoms with van der Waals surface area (Å²) in [6, 6.07) is 8.57. The van der Waals surface area contributed by atoms with E-state index in [9.17, 15) is 8.78 Å². The van der Waals surface area contributed by atoms with Gasteiger partial charge in [-0.25, -0.2) is 8.78 Å². The van der Waals surface area contributed by atoms with Crippen molar-refractivity contribution in [1.82, 2.24) is 0 Å². The van der Waals surface area contributed by atoms with Gasteiger partial charge in [-0.3, -0.25) is 0 Å². The lowest BCUT2D eigenvalue weighted by Crippen LogP contribution is -2.06. The van der Waals surface area contributed by atoms with E-state index in [-0.39, 0.29) is 17.9 Å². The average Bonchev–Trinajstić information content (AvgIpc) is 2.33. The first-order chi connectivity index (χ1) is 8.58. The molecule has 2 nitrogen and oxygen atoms in total. The summed E-state index contributed by atoms with van der Waals surface area (Å²) < 4.78 is 26.9. The number of nitrogens with one attached hydrogen (secondary N) is 1. The van der Waals surface area contributed by atoms with Gasteiger partial charge in [0.15, 0.2) is 0 Å². The van der Waals surface area contributed by atoms with Gasteiger partial charge in [-0.1, -0.05) is 17.7 Å². The summed E-state index contributed by atoms with van der Waals surface area (Å²) in [5.41, 5.74) is 6.42. The topological polar surface area (TPSA) is 38.0 Å². The molecule has 2 rings (SSSR count). The van der Waals surface area contributed by atoms with Gasteiger partial charge in [-0.05, 0) is 30.3 Å². The Morgan fingerprint density at radius 2 is 1.89 bits per heavy atom. The number of benzene rings is 2. The zero-order valence-electron chi connectivity index (χ0n) is 9.38. The number of nitrogens with two attached hydrogens (primary N) is 1. The molecule has 0 aliphatic carbocycles. The monoisotopic (exact) mass is 268 g/mol. The fourth-order valence-corrected chi connectivity index (χ4v) is 1.78. The highest BCUT2D eigenvalue weighted by Crippen LogP contribution is 2.23. The molecule has 5 heteroatoms. The summed E-state index contributed by atoms with van der Waals surface area (Å²) in [7, 11) is 0. The fourth-order valence-electron chi connectivity index (χ4n) is 1.59. The quantitative estimate of drug-likeness (QED) is 0.831. The molecular formula is C13H11ClF2N2. The predicted octanol–water partition coefficient (Wildman–Crippen LogP) is 3.81. The lowest BCUT2D eigenvalue weighted by atomic mass is 10.2. The van der Waals surface area contributed by atoms with E-state index >= 15 is 0 Å². The Hall–Kier alpha value is -1.81. The fraction of sp³-hybridized carbons (Fsp3) is 0.0769. The third kappa shape index (κ3) is 2.71. The molecule has 0 aromatic heterocycles. The van der Waals surface area contributed by atoms with E-state index in [4.69, 9.17) is 17.3 Å². The lowest BCUT2D eigenvalue weighted by molar-refractivity contribution is 0.610. The maximum Gasteiger partial charge on any atom is 0.148 e. The number of nitrogen functional groups attached to an aromatic ring is 1. The molecule has 0 atom stereocenters. The number of para-hydroxylation sites is 1. The van der Waals surface area contributed by atoms with E-state index in [1.807, 2.05) is 0 Å². The van der Waals surface area contributed by atoms with E-state index in [1.165, 1.54) is 30.3 Å². The standard InChI is InChI=1S/C13H11ClF2N2/c14-9-4-5-10(15)8(6-9)7-18-13-11(16)2-1-3-12(13)17/h1-6,18H,7,17H2. The molecule has 0 amide bonds. The van der Waals surface area contributed by atoms with Crippen LogP contribution in [0.25, 0.3) is 0 Å². The molecule has 0 bridgehead atoms. The third-order valence-corrected chi connectivity index (χ3v) is 2.74. The predicted molar refractivity (Wildman–Crippen MR) is 69.5 cm³/mol. The van der Waals surface area contributed by atoms with Crippen LogP contribution in [0.15, 0.2) is 36.4 Å². The maximum atomic E-state index is 13.5. The van der Waals surface area contributed by atoms with Crippen molar-refractivity contribution in [3.8, 4) is 0 Å². The Labute approximate surface area is 108 Å². The van der Waals surface area contributed by atoms with Gasteiger partial charge in [-0.15, -0.1) is 0 Å². The second-order valence-corrected chi connectivity index (χ2v) is 4.23.